The third-order valence-corrected chi connectivity index (χ3v) is 5.58. The van der Waals surface area contributed by atoms with Crippen LogP contribution < -0.4 is 10.6 Å². The first-order valence-corrected chi connectivity index (χ1v) is 9.96. The molecule has 6 nitrogen and oxygen atoms in total. The molecule has 0 saturated heterocycles. The molecule has 0 aliphatic carbocycles. The van der Waals surface area contributed by atoms with Crippen LogP contribution in [-0.2, 0) is 16.1 Å². The molecule has 0 radical (unpaired) electrons. The number of hydrogen-bond acceptors (Lipinski definition) is 5. The molecule has 0 spiro atoms. The van der Waals surface area contributed by atoms with Gasteiger partial charge in [0.25, 0.3) is 0 Å². The molecular weight excluding hydrogens is 396 g/mol. The molecule has 0 atom stereocenters. The Labute approximate surface area is 172 Å². The van der Waals surface area contributed by atoms with Crippen molar-refractivity contribution >= 4 is 50.7 Å². The molecule has 2 N–H and O–H groups in total. The molecule has 28 heavy (non-hydrogen) atoms. The van der Waals surface area contributed by atoms with Gasteiger partial charge in [-0.2, -0.15) is 0 Å². The number of hydrogen-bond donors (Lipinski definition) is 2. The molecule has 1 aromatic heterocycles. The highest BCUT2D eigenvalue weighted by molar-refractivity contribution is 7.18. The molecule has 2 amide bonds. The second kappa shape index (κ2) is 9.14. The second-order valence-corrected chi connectivity index (χ2v) is 8.01. The van der Waals surface area contributed by atoms with Crippen LogP contribution in [-0.4, -0.2) is 41.8 Å². The monoisotopic (exact) mass is 416 g/mol. The quantitative estimate of drug-likeness (QED) is 0.618. The van der Waals surface area contributed by atoms with Crippen LogP contribution in [0.5, 0.6) is 0 Å². The summed E-state index contributed by atoms with van der Waals surface area (Å²) in [7, 11) is 1.85. The predicted molar refractivity (Wildman–Crippen MR) is 114 cm³/mol. The Morgan fingerprint density at radius 2 is 1.93 bits per heavy atom. The van der Waals surface area contributed by atoms with Crippen LogP contribution in [0, 0.1) is 6.92 Å². The van der Waals surface area contributed by atoms with Crippen molar-refractivity contribution in [2.75, 3.05) is 25.5 Å². The van der Waals surface area contributed by atoms with Gasteiger partial charge in [0.1, 0.15) is 5.01 Å². The number of thiazole rings is 1. The van der Waals surface area contributed by atoms with Gasteiger partial charge in [0.2, 0.25) is 11.8 Å². The fourth-order valence-electron chi connectivity index (χ4n) is 2.69. The maximum atomic E-state index is 12.1. The van der Waals surface area contributed by atoms with Gasteiger partial charge in [0, 0.05) is 10.7 Å². The largest absolute Gasteiger partial charge is 0.346 e. The number of fused-ring (bicyclic) bond motifs is 1. The Hall–Kier alpha value is -2.48. The molecule has 0 fully saturated rings. The Morgan fingerprint density at radius 3 is 2.71 bits per heavy atom. The topological polar surface area (TPSA) is 74.3 Å². The first-order valence-electron chi connectivity index (χ1n) is 8.77. The van der Waals surface area contributed by atoms with Crippen LogP contribution >= 0.6 is 22.9 Å². The molecule has 0 aliphatic heterocycles. The Balaban J connectivity index is 1.45. The fourth-order valence-corrected chi connectivity index (χ4v) is 3.91. The van der Waals surface area contributed by atoms with Crippen LogP contribution in [0.1, 0.15) is 10.6 Å². The van der Waals surface area contributed by atoms with Crippen LogP contribution in [0.25, 0.3) is 10.2 Å². The summed E-state index contributed by atoms with van der Waals surface area (Å²) in [4.78, 5) is 30.6. The molecular formula is C20H21ClN4O2S. The summed E-state index contributed by atoms with van der Waals surface area (Å²) < 4.78 is 1.13. The zero-order chi connectivity index (χ0) is 20.1. The molecule has 0 bridgehead atoms. The van der Waals surface area contributed by atoms with E-state index in [9.17, 15) is 9.59 Å². The number of anilines is 1. The minimum atomic E-state index is -0.299. The smallest absolute Gasteiger partial charge is 0.243 e. The van der Waals surface area contributed by atoms with Crippen molar-refractivity contribution in [3.05, 3.63) is 58.1 Å². The third kappa shape index (κ3) is 5.28. The Morgan fingerprint density at radius 1 is 1.14 bits per heavy atom. The van der Waals surface area contributed by atoms with Gasteiger partial charge in [-0.05, 0) is 43.8 Å². The number of halogens is 1. The standard InChI is InChI=1S/C20H21ClN4O2S/c1-13-14(21)6-5-8-15(13)23-18(26)10-22-19(27)11-25(2)12-20-24-16-7-3-4-9-17(16)28-20/h3-9H,10-12H2,1-2H3,(H,22,27)(H,23,26). The number of para-hydroxylation sites is 1. The number of nitrogens with zero attached hydrogens (tertiary/aromatic N) is 2. The van der Waals surface area contributed by atoms with Gasteiger partial charge in [-0.25, -0.2) is 4.98 Å². The van der Waals surface area contributed by atoms with Crippen LogP contribution in [0.4, 0.5) is 5.69 Å². The average molecular weight is 417 g/mol. The highest BCUT2D eigenvalue weighted by Crippen LogP contribution is 2.23. The molecule has 1 heterocycles. The summed E-state index contributed by atoms with van der Waals surface area (Å²) in [6.07, 6.45) is 0. The van der Waals surface area contributed by atoms with E-state index in [1.165, 1.54) is 0 Å². The minimum absolute atomic E-state index is 0.0975. The lowest BCUT2D eigenvalue weighted by Gasteiger charge is -2.15. The van der Waals surface area contributed by atoms with Gasteiger partial charge in [-0.15, -0.1) is 11.3 Å². The van der Waals surface area contributed by atoms with E-state index in [1.807, 2.05) is 43.1 Å². The average Bonchev–Trinajstić information content (AvgIpc) is 3.05. The van der Waals surface area contributed by atoms with E-state index in [0.29, 0.717) is 17.3 Å². The van der Waals surface area contributed by atoms with Crippen LogP contribution in [0.3, 0.4) is 0 Å². The van der Waals surface area contributed by atoms with Crippen molar-refractivity contribution in [2.24, 2.45) is 0 Å². The van der Waals surface area contributed by atoms with E-state index in [4.69, 9.17) is 11.6 Å². The minimum Gasteiger partial charge on any atom is -0.346 e. The van der Waals surface area contributed by atoms with Gasteiger partial charge >= 0.3 is 0 Å². The number of benzene rings is 2. The van der Waals surface area contributed by atoms with Gasteiger partial charge in [0.05, 0.1) is 29.9 Å². The van der Waals surface area contributed by atoms with Crippen molar-refractivity contribution in [3.63, 3.8) is 0 Å². The van der Waals surface area contributed by atoms with Crippen molar-refractivity contribution in [1.82, 2.24) is 15.2 Å². The number of nitrogens with one attached hydrogen (secondary N) is 2. The molecule has 3 aromatic rings. The highest BCUT2D eigenvalue weighted by Gasteiger charge is 2.12. The van der Waals surface area contributed by atoms with Crippen LogP contribution in [0.15, 0.2) is 42.5 Å². The van der Waals surface area contributed by atoms with Gasteiger partial charge in [-0.1, -0.05) is 29.8 Å². The fraction of sp³-hybridized carbons (Fsp3) is 0.250. The van der Waals surface area contributed by atoms with Crippen molar-refractivity contribution < 1.29 is 9.59 Å². The van der Waals surface area contributed by atoms with E-state index >= 15 is 0 Å². The van der Waals surface area contributed by atoms with Crippen molar-refractivity contribution in [3.8, 4) is 0 Å². The lowest BCUT2D eigenvalue weighted by molar-refractivity contribution is -0.124. The Kier molecular flexibility index (Phi) is 6.61. The van der Waals surface area contributed by atoms with Crippen LogP contribution in [0.2, 0.25) is 5.02 Å². The third-order valence-electron chi connectivity index (χ3n) is 4.14. The predicted octanol–water partition coefficient (Wildman–Crippen LogP) is 3.44. The summed E-state index contributed by atoms with van der Waals surface area (Å²) >= 11 is 7.66. The van der Waals surface area contributed by atoms with E-state index in [0.717, 1.165) is 20.8 Å². The first-order chi connectivity index (χ1) is 13.4. The van der Waals surface area contributed by atoms with Crippen molar-refractivity contribution in [1.29, 1.82) is 0 Å². The number of aromatic nitrogens is 1. The summed E-state index contributed by atoms with van der Waals surface area (Å²) in [5.41, 5.74) is 2.40. The SMILES string of the molecule is Cc1c(Cl)cccc1NC(=O)CNC(=O)CN(C)Cc1nc2ccccc2s1. The lowest BCUT2D eigenvalue weighted by Crippen LogP contribution is -2.39. The van der Waals surface area contributed by atoms with Gasteiger partial charge < -0.3 is 10.6 Å². The highest BCUT2D eigenvalue weighted by atomic mass is 35.5. The van der Waals surface area contributed by atoms with Gasteiger partial charge in [-0.3, -0.25) is 14.5 Å². The maximum Gasteiger partial charge on any atom is 0.243 e. The molecule has 3 rings (SSSR count). The summed E-state index contributed by atoms with van der Waals surface area (Å²) in [5, 5.41) is 6.92. The molecule has 146 valence electrons. The second-order valence-electron chi connectivity index (χ2n) is 6.48. The van der Waals surface area contributed by atoms with E-state index in [-0.39, 0.29) is 24.9 Å². The number of rotatable bonds is 7. The first kappa shape index (κ1) is 20.3. The number of amides is 2. The normalized spacial score (nSPS) is 11.0. The molecule has 0 aliphatic rings. The van der Waals surface area contributed by atoms with E-state index < -0.39 is 0 Å². The molecule has 0 unspecified atom stereocenters. The molecule has 0 saturated carbocycles. The summed E-state index contributed by atoms with van der Waals surface area (Å²) in [6.45, 7) is 2.48. The molecule has 8 heteroatoms. The van der Waals surface area contributed by atoms with Crippen molar-refractivity contribution in [2.45, 2.75) is 13.5 Å². The van der Waals surface area contributed by atoms with E-state index in [1.54, 1.807) is 29.5 Å². The number of carbonyl (C=O) groups is 2. The zero-order valence-corrected chi connectivity index (χ0v) is 17.2. The maximum absolute atomic E-state index is 12.1. The molecule has 2 aromatic carbocycles. The lowest BCUT2D eigenvalue weighted by atomic mass is 10.2. The summed E-state index contributed by atoms with van der Waals surface area (Å²) in [6, 6.07) is 13.2. The Bertz CT molecular complexity index is 972. The van der Waals surface area contributed by atoms with E-state index in [2.05, 4.69) is 15.6 Å². The number of likely N-dealkylation sites (N-methyl/N-ethyl adjacent to an activating group) is 1. The van der Waals surface area contributed by atoms with Gasteiger partial charge in [0.15, 0.2) is 0 Å². The summed E-state index contributed by atoms with van der Waals surface area (Å²) in [5.74, 6) is -0.519. The zero-order valence-electron chi connectivity index (χ0n) is 15.7. The number of carbonyl (C=O) groups excluding carboxylic acids is 2.